The molecule has 2 aromatic rings. The van der Waals surface area contributed by atoms with E-state index in [2.05, 4.69) is 10.2 Å². The van der Waals surface area contributed by atoms with E-state index in [1.54, 1.807) is 6.07 Å². The van der Waals surface area contributed by atoms with E-state index in [9.17, 15) is 13.2 Å². The van der Waals surface area contributed by atoms with Gasteiger partial charge in [-0.05, 0) is 50.6 Å². The lowest BCUT2D eigenvalue weighted by Gasteiger charge is -2.14. The lowest BCUT2D eigenvalue weighted by atomic mass is 10.2. The first-order chi connectivity index (χ1) is 12.9. The summed E-state index contributed by atoms with van der Waals surface area (Å²) in [4.78, 5) is 14.5. The molecule has 27 heavy (non-hydrogen) atoms. The molecule has 0 bridgehead atoms. The molecule has 1 N–H and O–H groups in total. The van der Waals surface area contributed by atoms with Gasteiger partial charge in [0.15, 0.2) is 15.6 Å². The molecular weight excluding hydrogens is 364 g/mol. The smallest absolute Gasteiger partial charge is 0.287 e. The van der Waals surface area contributed by atoms with Crippen LogP contribution in [0.5, 0.6) is 0 Å². The quantitative estimate of drug-likeness (QED) is 0.749. The Morgan fingerprint density at radius 2 is 1.78 bits per heavy atom. The Morgan fingerprint density at radius 3 is 2.48 bits per heavy atom. The maximum absolute atomic E-state index is 12.4. The number of furan rings is 1. The van der Waals surface area contributed by atoms with Crippen molar-refractivity contribution in [3.63, 3.8) is 0 Å². The molecule has 0 radical (unpaired) electrons. The summed E-state index contributed by atoms with van der Waals surface area (Å²) in [5.74, 6) is -0.145. The SMILES string of the molecule is Cc1ccc(CS(=O)(=O)Cc2ccc(C(=O)NCCN3CCCC3)o2)cc1. The monoisotopic (exact) mass is 390 g/mol. The number of aryl methyl sites for hydroxylation is 1. The molecule has 7 heteroatoms. The van der Waals surface area contributed by atoms with Crippen molar-refractivity contribution >= 4 is 15.7 Å². The van der Waals surface area contributed by atoms with Crippen molar-refractivity contribution in [3.05, 3.63) is 59.0 Å². The molecule has 146 valence electrons. The second-order valence-electron chi connectivity index (χ2n) is 7.09. The van der Waals surface area contributed by atoms with Crippen LogP contribution in [0.3, 0.4) is 0 Å². The van der Waals surface area contributed by atoms with Crippen LogP contribution in [0, 0.1) is 6.92 Å². The average molecular weight is 391 g/mol. The van der Waals surface area contributed by atoms with Gasteiger partial charge < -0.3 is 14.6 Å². The van der Waals surface area contributed by atoms with Crippen molar-refractivity contribution in [3.8, 4) is 0 Å². The molecule has 0 spiro atoms. The minimum absolute atomic E-state index is 0.0503. The number of amides is 1. The largest absolute Gasteiger partial charge is 0.455 e. The summed E-state index contributed by atoms with van der Waals surface area (Å²) < 4.78 is 30.2. The first-order valence-electron chi connectivity index (χ1n) is 9.26. The molecule has 1 saturated heterocycles. The second-order valence-corrected chi connectivity index (χ2v) is 9.15. The van der Waals surface area contributed by atoms with Crippen molar-refractivity contribution in [2.75, 3.05) is 26.2 Å². The van der Waals surface area contributed by atoms with Gasteiger partial charge in [0, 0.05) is 13.1 Å². The van der Waals surface area contributed by atoms with Crippen molar-refractivity contribution < 1.29 is 17.6 Å². The first-order valence-corrected chi connectivity index (χ1v) is 11.1. The molecular formula is C20H26N2O4S. The lowest BCUT2D eigenvalue weighted by Crippen LogP contribution is -2.33. The van der Waals surface area contributed by atoms with Gasteiger partial charge in [0.05, 0.1) is 5.75 Å². The number of likely N-dealkylation sites (tertiary alicyclic amines) is 1. The van der Waals surface area contributed by atoms with Crippen molar-refractivity contribution in [1.29, 1.82) is 0 Å². The maximum atomic E-state index is 12.4. The van der Waals surface area contributed by atoms with Crippen molar-refractivity contribution in [2.24, 2.45) is 0 Å². The van der Waals surface area contributed by atoms with Crippen LogP contribution in [0.1, 0.15) is 40.3 Å². The van der Waals surface area contributed by atoms with Gasteiger partial charge in [-0.15, -0.1) is 0 Å². The van der Waals surface area contributed by atoms with E-state index in [-0.39, 0.29) is 28.9 Å². The Kier molecular flexibility index (Phi) is 6.34. The fraction of sp³-hybridized carbons (Fsp3) is 0.450. The van der Waals surface area contributed by atoms with Gasteiger partial charge >= 0.3 is 0 Å². The lowest BCUT2D eigenvalue weighted by molar-refractivity contribution is 0.0920. The Hall–Kier alpha value is -2.12. The van der Waals surface area contributed by atoms with Crippen molar-refractivity contribution in [2.45, 2.75) is 31.3 Å². The number of carbonyl (C=O) groups is 1. The van der Waals surface area contributed by atoms with Gasteiger partial charge in [-0.1, -0.05) is 29.8 Å². The number of hydrogen-bond donors (Lipinski definition) is 1. The summed E-state index contributed by atoms with van der Waals surface area (Å²) in [6, 6.07) is 10.5. The standard InChI is InChI=1S/C20H26N2O4S/c1-16-4-6-17(7-5-16)14-27(24,25)15-18-8-9-19(26-18)20(23)21-10-13-22-11-2-3-12-22/h4-9H,2-3,10-15H2,1H3,(H,21,23). The van der Waals surface area contributed by atoms with Crippen LogP contribution in [0.25, 0.3) is 0 Å². The third kappa shape index (κ3) is 5.94. The summed E-state index contributed by atoms with van der Waals surface area (Å²) >= 11 is 0. The topological polar surface area (TPSA) is 79.6 Å². The number of rotatable bonds is 8. The van der Waals surface area contributed by atoms with Crippen LogP contribution < -0.4 is 5.32 Å². The summed E-state index contributed by atoms with van der Waals surface area (Å²) in [7, 11) is -3.37. The first kappa shape index (κ1) is 19.6. The molecule has 2 heterocycles. The zero-order valence-corrected chi connectivity index (χ0v) is 16.4. The molecule has 1 amide bonds. The number of carbonyl (C=O) groups excluding carboxylic acids is 1. The van der Waals surface area contributed by atoms with Crippen LogP contribution in [0.15, 0.2) is 40.8 Å². The summed E-state index contributed by atoms with van der Waals surface area (Å²) in [6.07, 6.45) is 2.43. The molecule has 0 unspecified atom stereocenters. The van der Waals surface area contributed by atoms with E-state index in [0.29, 0.717) is 6.54 Å². The Morgan fingerprint density at radius 1 is 1.07 bits per heavy atom. The van der Waals surface area contributed by atoms with Gasteiger partial charge in [-0.25, -0.2) is 8.42 Å². The highest BCUT2D eigenvalue weighted by atomic mass is 32.2. The minimum Gasteiger partial charge on any atom is -0.455 e. The molecule has 0 saturated carbocycles. The van der Waals surface area contributed by atoms with E-state index >= 15 is 0 Å². The van der Waals surface area contributed by atoms with E-state index in [1.807, 2.05) is 31.2 Å². The molecule has 1 aliphatic heterocycles. The summed E-state index contributed by atoms with van der Waals surface area (Å²) in [5, 5.41) is 2.82. The van der Waals surface area contributed by atoms with Crippen LogP contribution in [0.2, 0.25) is 0 Å². The average Bonchev–Trinajstić information content (AvgIpc) is 3.28. The van der Waals surface area contributed by atoms with Gasteiger partial charge in [-0.3, -0.25) is 4.79 Å². The molecule has 1 aliphatic rings. The molecule has 0 atom stereocenters. The fourth-order valence-corrected chi connectivity index (χ4v) is 4.60. The predicted octanol–water partition coefficient (Wildman–Crippen LogP) is 2.53. The summed E-state index contributed by atoms with van der Waals surface area (Å²) in [6.45, 7) is 5.50. The van der Waals surface area contributed by atoms with Crippen LogP contribution in [-0.4, -0.2) is 45.4 Å². The molecule has 1 aromatic carbocycles. The highest BCUT2D eigenvalue weighted by Crippen LogP contribution is 2.16. The van der Waals surface area contributed by atoms with Gasteiger partial charge in [0.2, 0.25) is 0 Å². The number of sulfone groups is 1. The number of hydrogen-bond acceptors (Lipinski definition) is 5. The van der Waals surface area contributed by atoms with Gasteiger partial charge in [0.1, 0.15) is 11.5 Å². The molecule has 1 fully saturated rings. The third-order valence-corrected chi connectivity index (χ3v) is 6.16. The van der Waals surface area contributed by atoms with Gasteiger partial charge in [0.25, 0.3) is 5.91 Å². The highest BCUT2D eigenvalue weighted by Gasteiger charge is 2.18. The van der Waals surface area contributed by atoms with Crippen molar-refractivity contribution in [1.82, 2.24) is 10.2 Å². The van der Waals surface area contributed by atoms with Gasteiger partial charge in [-0.2, -0.15) is 0 Å². The zero-order chi connectivity index (χ0) is 19.3. The summed E-state index contributed by atoms with van der Waals surface area (Å²) in [5.41, 5.74) is 1.83. The fourth-order valence-electron chi connectivity index (χ4n) is 3.20. The Balaban J connectivity index is 1.51. The van der Waals surface area contributed by atoms with E-state index in [0.717, 1.165) is 30.8 Å². The number of benzene rings is 1. The molecule has 1 aromatic heterocycles. The predicted molar refractivity (Wildman–Crippen MR) is 104 cm³/mol. The Bertz CT molecular complexity index is 866. The highest BCUT2D eigenvalue weighted by molar-refractivity contribution is 7.89. The van der Waals surface area contributed by atoms with Crippen LogP contribution >= 0.6 is 0 Å². The minimum atomic E-state index is -3.37. The molecule has 0 aliphatic carbocycles. The Labute approximate surface area is 160 Å². The zero-order valence-electron chi connectivity index (χ0n) is 15.6. The maximum Gasteiger partial charge on any atom is 0.287 e. The number of nitrogens with zero attached hydrogens (tertiary/aromatic N) is 1. The van der Waals surface area contributed by atoms with Crippen LogP contribution in [-0.2, 0) is 21.3 Å². The second kappa shape index (κ2) is 8.71. The number of nitrogens with one attached hydrogen (secondary N) is 1. The van der Waals surface area contributed by atoms with E-state index in [4.69, 9.17) is 4.42 Å². The molecule has 3 rings (SSSR count). The third-order valence-electron chi connectivity index (χ3n) is 4.67. The van der Waals surface area contributed by atoms with E-state index in [1.165, 1.54) is 18.9 Å². The van der Waals surface area contributed by atoms with E-state index < -0.39 is 9.84 Å². The van der Waals surface area contributed by atoms with Crippen LogP contribution in [0.4, 0.5) is 0 Å². The molecule has 6 nitrogen and oxygen atoms in total. The normalized spacial score (nSPS) is 15.1.